The standard InChI is InChI=1S/C19H19FN2O4S/c20-13-3-6-15-16(10-21-17(15)9-13)12-1-4-14(5-2-12)27(25,26)22-8-7-18(23)19(24)11-22/h1-6,9-10,18-19,21,23-24H,7-8,11H2/t18-,19-/m1/s1. The molecule has 0 unspecified atom stereocenters. The summed E-state index contributed by atoms with van der Waals surface area (Å²) >= 11 is 0. The molecule has 0 radical (unpaired) electrons. The molecular weight excluding hydrogens is 371 g/mol. The number of aromatic amines is 1. The molecule has 1 aromatic heterocycles. The quantitative estimate of drug-likeness (QED) is 0.638. The molecule has 1 aliphatic rings. The number of H-pyrrole nitrogens is 1. The number of hydrogen-bond acceptors (Lipinski definition) is 4. The Labute approximate surface area is 155 Å². The summed E-state index contributed by atoms with van der Waals surface area (Å²) in [6, 6.07) is 10.9. The van der Waals surface area contributed by atoms with Crippen molar-refractivity contribution in [2.24, 2.45) is 0 Å². The summed E-state index contributed by atoms with van der Waals surface area (Å²) in [7, 11) is -3.75. The van der Waals surface area contributed by atoms with Crippen molar-refractivity contribution in [1.82, 2.24) is 9.29 Å². The van der Waals surface area contributed by atoms with Crippen molar-refractivity contribution < 1.29 is 23.0 Å². The summed E-state index contributed by atoms with van der Waals surface area (Å²) in [6.45, 7) is 0.0373. The Bertz CT molecular complexity index is 1080. The van der Waals surface area contributed by atoms with Crippen LogP contribution in [0.4, 0.5) is 4.39 Å². The number of aliphatic hydroxyl groups is 2. The average molecular weight is 390 g/mol. The fourth-order valence-corrected chi connectivity index (χ4v) is 4.87. The van der Waals surface area contributed by atoms with E-state index in [4.69, 9.17) is 0 Å². The van der Waals surface area contributed by atoms with Gasteiger partial charge in [-0.25, -0.2) is 12.8 Å². The highest BCUT2D eigenvalue weighted by Gasteiger charge is 2.33. The Morgan fingerprint density at radius 1 is 1.07 bits per heavy atom. The number of sulfonamides is 1. The molecule has 0 saturated carbocycles. The van der Waals surface area contributed by atoms with Gasteiger partial charge in [0.05, 0.1) is 17.1 Å². The van der Waals surface area contributed by atoms with Gasteiger partial charge in [-0.2, -0.15) is 4.31 Å². The number of nitrogens with zero attached hydrogens (tertiary/aromatic N) is 1. The average Bonchev–Trinajstić information content (AvgIpc) is 3.07. The van der Waals surface area contributed by atoms with Gasteiger partial charge in [-0.3, -0.25) is 0 Å². The monoisotopic (exact) mass is 390 g/mol. The Morgan fingerprint density at radius 2 is 1.81 bits per heavy atom. The number of halogens is 1. The first-order valence-corrected chi connectivity index (χ1v) is 10.0. The van der Waals surface area contributed by atoms with Crippen LogP contribution in [0.2, 0.25) is 0 Å². The van der Waals surface area contributed by atoms with Gasteiger partial charge in [0, 0.05) is 35.8 Å². The van der Waals surface area contributed by atoms with Crippen LogP contribution in [0.3, 0.4) is 0 Å². The lowest BCUT2D eigenvalue weighted by atomic mass is 10.1. The highest BCUT2D eigenvalue weighted by Crippen LogP contribution is 2.30. The third-order valence-corrected chi connectivity index (χ3v) is 6.84. The van der Waals surface area contributed by atoms with E-state index in [1.54, 1.807) is 24.4 Å². The summed E-state index contributed by atoms with van der Waals surface area (Å²) in [5.41, 5.74) is 2.33. The molecule has 142 valence electrons. The van der Waals surface area contributed by atoms with E-state index >= 15 is 0 Å². The van der Waals surface area contributed by atoms with Crippen molar-refractivity contribution in [2.45, 2.75) is 23.5 Å². The Kier molecular flexibility index (Phi) is 4.51. The lowest BCUT2D eigenvalue weighted by Gasteiger charge is -2.32. The fraction of sp³-hybridized carbons (Fsp3) is 0.263. The Hall–Kier alpha value is -2.26. The second-order valence-corrected chi connectivity index (χ2v) is 8.64. The molecule has 6 nitrogen and oxygen atoms in total. The lowest BCUT2D eigenvalue weighted by Crippen LogP contribution is -2.48. The second kappa shape index (κ2) is 6.72. The highest BCUT2D eigenvalue weighted by atomic mass is 32.2. The normalized spacial score (nSPS) is 21.6. The number of fused-ring (bicyclic) bond motifs is 1. The molecular formula is C19H19FN2O4S. The first-order valence-electron chi connectivity index (χ1n) is 8.59. The summed E-state index contributed by atoms with van der Waals surface area (Å²) < 4.78 is 40.1. The van der Waals surface area contributed by atoms with Gasteiger partial charge >= 0.3 is 0 Å². The van der Waals surface area contributed by atoms with Crippen LogP contribution in [0.1, 0.15) is 6.42 Å². The first-order chi connectivity index (χ1) is 12.9. The number of β-amino-alcohol motifs (C(OH)–C–C–N with tert-alkyl or cyclic N) is 1. The number of piperidine rings is 1. The zero-order chi connectivity index (χ0) is 19.2. The zero-order valence-corrected chi connectivity index (χ0v) is 15.2. The van der Waals surface area contributed by atoms with Crippen LogP contribution in [0.15, 0.2) is 53.6 Å². The molecule has 2 heterocycles. The molecule has 0 aliphatic carbocycles. The zero-order valence-electron chi connectivity index (χ0n) is 14.3. The van der Waals surface area contributed by atoms with Crippen molar-refractivity contribution in [3.05, 3.63) is 54.5 Å². The minimum atomic E-state index is -3.75. The minimum Gasteiger partial charge on any atom is -0.390 e. The molecule has 1 saturated heterocycles. The summed E-state index contributed by atoms with van der Waals surface area (Å²) in [6.07, 6.45) is -0.0228. The number of hydrogen-bond donors (Lipinski definition) is 3. The Balaban J connectivity index is 1.63. The molecule has 2 atom stereocenters. The molecule has 3 aromatic rings. The largest absolute Gasteiger partial charge is 0.390 e. The van der Waals surface area contributed by atoms with Crippen LogP contribution in [0.5, 0.6) is 0 Å². The smallest absolute Gasteiger partial charge is 0.243 e. The molecule has 3 N–H and O–H groups in total. The summed E-state index contributed by atoms with van der Waals surface area (Å²) in [5, 5.41) is 20.2. The SMILES string of the molecule is O=S(=O)(c1ccc(-c2c[nH]c3cc(F)ccc23)cc1)N1CC[C@@H](O)[C@H](O)C1. The second-order valence-electron chi connectivity index (χ2n) is 6.70. The van der Waals surface area contributed by atoms with Crippen molar-refractivity contribution in [3.63, 3.8) is 0 Å². The van der Waals surface area contributed by atoms with Crippen LogP contribution in [-0.2, 0) is 10.0 Å². The minimum absolute atomic E-state index is 0.126. The van der Waals surface area contributed by atoms with Gasteiger partial charge < -0.3 is 15.2 Å². The lowest BCUT2D eigenvalue weighted by molar-refractivity contribution is -0.0191. The first kappa shape index (κ1) is 18.1. The van der Waals surface area contributed by atoms with E-state index in [1.165, 1.54) is 28.6 Å². The summed E-state index contributed by atoms with van der Waals surface area (Å²) in [4.78, 5) is 3.14. The van der Waals surface area contributed by atoms with Crippen molar-refractivity contribution in [3.8, 4) is 11.1 Å². The van der Waals surface area contributed by atoms with E-state index in [-0.39, 0.29) is 30.2 Å². The molecule has 1 aliphatic heterocycles. The third kappa shape index (κ3) is 3.25. The molecule has 1 fully saturated rings. The van der Waals surface area contributed by atoms with Crippen LogP contribution < -0.4 is 0 Å². The third-order valence-electron chi connectivity index (χ3n) is 4.96. The van der Waals surface area contributed by atoms with Crippen LogP contribution in [0.25, 0.3) is 22.0 Å². The van der Waals surface area contributed by atoms with E-state index < -0.39 is 22.2 Å². The number of aromatic nitrogens is 1. The van der Waals surface area contributed by atoms with Crippen molar-refractivity contribution >= 4 is 20.9 Å². The molecule has 0 bridgehead atoms. The van der Waals surface area contributed by atoms with Crippen LogP contribution in [-0.4, -0.2) is 53.2 Å². The van der Waals surface area contributed by atoms with E-state index in [9.17, 15) is 23.0 Å². The number of benzene rings is 2. The predicted molar refractivity (Wildman–Crippen MR) is 99.1 cm³/mol. The van der Waals surface area contributed by atoms with Gasteiger partial charge in [0.2, 0.25) is 10.0 Å². The molecule has 0 amide bonds. The molecule has 2 aromatic carbocycles. The van der Waals surface area contributed by atoms with Gasteiger partial charge in [0.15, 0.2) is 0 Å². The topological polar surface area (TPSA) is 93.6 Å². The van der Waals surface area contributed by atoms with Gasteiger partial charge in [0.1, 0.15) is 5.82 Å². The summed E-state index contributed by atoms with van der Waals surface area (Å²) in [5.74, 6) is -0.328. The maximum absolute atomic E-state index is 13.3. The molecule has 0 spiro atoms. The van der Waals surface area contributed by atoms with Gasteiger partial charge in [-0.05, 0) is 42.3 Å². The molecule has 27 heavy (non-hydrogen) atoms. The van der Waals surface area contributed by atoms with E-state index in [0.29, 0.717) is 5.52 Å². The van der Waals surface area contributed by atoms with Crippen LogP contribution in [0, 0.1) is 5.82 Å². The fourth-order valence-electron chi connectivity index (χ4n) is 3.40. The van der Waals surface area contributed by atoms with E-state index in [0.717, 1.165) is 16.5 Å². The van der Waals surface area contributed by atoms with Crippen molar-refractivity contribution in [2.75, 3.05) is 13.1 Å². The maximum Gasteiger partial charge on any atom is 0.243 e. The van der Waals surface area contributed by atoms with Gasteiger partial charge in [-0.15, -0.1) is 0 Å². The van der Waals surface area contributed by atoms with Gasteiger partial charge in [0.25, 0.3) is 0 Å². The molecule has 4 rings (SSSR count). The highest BCUT2D eigenvalue weighted by molar-refractivity contribution is 7.89. The maximum atomic E-state index is 13.3. The predicted octanol–water partition coefficient (Wildman–Crippen LogP) is 2.09. The molecule has 8 heteroatoms. The van der Waals surface area contributed by atoms with Gasteiger partial charge in [-0.1, -0.05) is 12.1 Å². The van der Waals surface area contributed by atoms with Crippen LogP contribution >= 0.6 is 0 Å². The van der Waals surface area contributed by atoms with Crippen molar-refractivity contribution in [1.29, 1.82) is 0 Å². The number of rotatable bonds is 3. The number of aliphatic hydroxyl groups excluding tert-OH is 2. The van der Waals surface area contributed by atoms with E-state index in [1.807, 2.05) is 0 Å². The van der Waals surface area contributed by atoms with E-state index in [2.05, 4.69) is 4.98 Å². The number of nitrogens with one attached hydrogen (secondary N) is 1. The Morgan fingerprint density at radius 3 is 2.52 bits per heavy atom.